The van der Waals surface area contributed by atoms with Crippen LogP contribution in [0.2, 0.25) is 0 Å². The van der Waals surface area contributed by atoms with Gasteiger partial charge in [0.15, 0.2) is 5.65 Å². The maximum absolute atomic E-state index is 5.89. The van der Waals surface area contributed by atoms with E-state index in [0.717, 1.165) is 46.6 Å². The van der Waals surface area contributed by atoms with E-state index in [9.17, 15) is 0 Å². The smallest absolute Gasteiger partial charge is 0.162 e. The van der Waals surface area contributed by atoms with Crippen LogP contribution >= 0.6 is 0 Å². The molecule has 1 fully saturated rings. The summed E-state index contributed by atoms with van der Waals surface area (Å²) >= 11 is 0. The van der Waals surface area contributed by atoms with E-state index in [1.165, 1.54) is 0 Å². The number of hydrogen-bond acceptors (Lipinski definition) is 5. The fourth-order valence-corrected chi connectivity index (χ4v) is 3.68. The van der Waals surface area contributed by atoms with Crippen LogP contribution in [0.25, 0.3) is 22.3 Å². The van der Waals surface area contributed by atoms with Crippen molar-refractivity contribution < 1.29 is 4.74 Å². The zero-order valence-electron chi connectivity index (χ0n) is 15.6. The van der Waals surface area contributed by atoms with Gasteiger partial charge in [0.05, 0.1) is 11.4 Å². The van der Waals surface area contributed by atoms with Crippen LogP contribution in [0.4, 0.5) is 0 Å². The van der Waals surface area contributed by atoms with E-state index in [4.69, 9.17) is 9.84 Å². The van der Waals surface area contributed by atoms with Crippen molar-refractivity contribution >= 4 is 11.0 Å². The quantitative estimate of drug-likeness (QED) is 0.569. The van der Waals surface area contributed by atoms with Crippen molar-refractivity contribution in [1.29, 1.82) is 0 Å². The molecule has 1 N–H and O–H groups in total. The van der Waals surface area contributed by atoms with Crippen molar-refractivity contribution in [1.82, 2.24) is 25.1 Å². The summed E-state index contributed by atoms with van der Waals surface area (Å²) in [5, 5.41) is 9.21. The van der Waals surface area contributed by atoms with Gasteiger partial charge in [0.25, 0.3) is 0 Å². The van der Waals surface area contributed by atoms with Crippen molar-refractivity contribution in [3.05, 3.63) is 67.1 Å². The summed E-state index contributed by atoms with van der Waals surface area (Å²) in [5.74, 6) is 1.62. The van der Waals surface area contributed by atoms with E-state index < -0.39 is 0 Å². The Hall–Kier alpha value is -3.25. The Morgan fingerprint density at radius 2 is 1.75 bits per heavy atom. The summed E-state index contributed by atoms with van der Waals surface area (Å²) in [6, 6.07) is 18.7. The number of hydrogen-bond donors (Lipinski definition) is 1. The van der Waals surface area contributed by atoms with E-state index in [1.54, 1.807) is 6.33 Å². The van der Waals surface area contributed by atoms with Gasteiger partial charge in [-0.25, -0.2) is 14.6 Å². The zero-order valence-corrected chi connectivity index (χ0v) is 15.6. The van der Waals surface area contributed by atoms with E-state index in [0.29, 0.717) is 12.1 Å². The molecule has 1 aliphatic carbocycles. The first-order valence-electron chi connectivity index (χ1n) is 9.50. The van der Waals surface area contributed by atoms with Gasteiger partial charge in [-0.15, -0.1) is 0 Å². The number of fused-ring (bicyclic) bond motifs is 1. The number of nitrogens with zero attached hydrogens (tertiary/aromatic N) is 4. The van der Waals surface area contributed by atoms with E-state index in [1.807, 2.05) is 67.8 Å². The number of ether oxygens (including phenoxy) is 1. The number of aromatic nitrogens is 4. The average Bonchev–Trinajstić information content (AvgIpc) is 3.08. The third kappa shape index (κ3) is 3.01. The molecule has 1 saturated carbocycles. The Labute approximate surface area is 163 Å². The average molecular weight is 371 g/mol. The van der Waals surface area contributed by atoms with Crippen LogP contribution in [0.15, 0.2) is 67.1 Å². The topological polar surface area (TPSA) is 64.9 Å². The minimum absolute atomic E-state index is 0.379. The first kappa shape index (κ1) is 16.9. The van der Waals surface area contributed by atoms with Crippen LogP contribution in [0.5, 0.6) is 11.5 Å². The Balaban J connectivity index is 1.46. The summed E-state index contributed by atoms with van der Waals surface area (Å²) in [7, 11) is 2.01. The molecule has 0 spiro atoms. The molecule has 5 rings (SSSR count). The molecule has 6 heteroatoms. The normalized spacial score (nSPS) is 18.8. The molecule has 2 aromatic carbocycles. The standard InChI is InChI=1S/C22H21N5O/c1-23-16-11-17(12-16)27-22-20(13-24-14-25-22)21(26-27)15-7-9-19(10-8-15)28-18-5-3-2-4-6-18/h2-10,13-14,16-17,23H,11-12H2,1H3. The van der Waals surface area contributed by atoms with Gasteiger partial charge in [-0.05, 0) is 56.3 Å². The highest BCUT2D eigenvalue weighted by Gasteiger charge is 2.32. The summed E-state index contributed by atoms with van der Waals surface area (Å²) in [6.07, 6.45) is 5.58. The largest absolute Gasteiger partial charge is 0.457 e. The van der Waals surface area contributed by atoms with Gasteiger partial charge < -0.3 is 10.1 Å². The highest BCUT2D eigenvalue weighted by atomic mass is 16.5. The van der Waals surface area contributed by atoms with Gasteiger partial charge in [-0.3, -0.25) is 0 Å². The van der Waals surface area contributed by atoms with Gasteiger partial charge in [-0.1, -0.05) is 18.2 Å². The van der Waals surface area contributed by atoms with E-state index in [-0.39, 0.29) is 0 Å². The van der Waals surface area contributed by atoms with Crippen LogP contribution in [-0.4, -0.2) is 32.8 Å². The molecule has 2 heterocycles. The SMILES string of the molecule is CNC1CC(n2nc(-c3ccc(Oc4ccccc4)cc3)c3cncnc32)C1. The predicted molar refractivity (Wildman–Crippen MR) is 108 cm³/mol. The number of rotatable bonds is 5. The summed E-state index contributed by atoms with van der Waals surface area (Å²) in [4.78, 5) is 8.72. The molecule has 0 aliphatic heterocycles. The third-order valence-electron chi connectivity index (χ3n) is 5.35. The van der Waals surface area contributed by atoms with Crippen LogP contribution in [0, 0.1) is 0 Å². The van der Waals surface area contributed by atoms with Crippen molar-refractivity contribution in [2.45, 2.75) is 24.9 Å². The van der Waals surface area contributed by atoms with Crippen molar-refractivity contribution in [3.8, 4) is 22.8 Å². The molecular weight excluding hydrogens is 350 g/mol. The second-order valence-corrected chi connectivity index (χ2v) is 7.10. The second-order valence-electron chi connectivity index (χ2n) is 7.10. The minimum Gasteiger partial charge on any atom is -0.457 e. The maximum atomic E-state index is 5.89. The van der Waals surface area contributed by atoms with Crippen LogP contribution in [0.1, 0.15) is 18.9 Å². The van der Waals surface area contributed by atoms with Gasteiger partial charge in [-0.2, -0.15) is 5.10 Å². The molecule has 0 bridgehead atoms. The summed E-state index contributed by atoms with van der Waals surface area (Å²) in [6.45, 7) is 0. The molecular formula is C22H21N5O. The molecule has 0 amide bonds. The Morgan fingerprint density at radius 1 is 1.00 bits per heavy atom. The molecule has 0 atom stereocenters. The van der Waals surface area contributed by atoms with Crippen molar-refractivity contribution in [2.75, 3.05) is 7.05 Å². The summed E-state index contributed by atoms with van der Waals surface area (Å²) < 4.78 is 7.96. The lowest BCUT2D eigenvalue weighted by atomic mass is 9.87. The molecule has 0 saturated heterocycles. The summed E-state index contributed by atoms with van der Waals surface area (Å²) in [5.41, 5.74) is 2.84. The molecule has 1 aliphatic rings. The van der Waals surface area contributed by atoms with Crippen molar-refractivity contribution in [2.24, 2.45) is 0 Å². The predicted octanol–water partition coefficient (Wildman–Crippen LogP) is 4.21. The highest BCUT2D eigenvalue weighted by molar-refractivity contribution is 5.90. The van der Waals surface area contributed by atoms with Crippen LogP contribution in [0.3, 0.4) is 0 Å². The minimum atomic E-state index is 0.379. The number of para-hydroxylation sites is 1. The van der Waals surface area contributed by atoms with Gasteiger partial charge in [0.2, 0.25) is 0 Å². The van der Waals surface area contributed by atoms with Crippen molar-refractivity contribution in [3.63, 3.8) is 0 Å². The van der Waals surface area contributed by atoms with Gasteiger partial charge in [0, 0.05) is 17.8 Å². The monoisotopic (exact) mass is 371 g/mol. The molecule has 140 valence electrons. The van der Waals surface area contributed by atoms with E-state index in [2.05, 4.69) is 20.0 Å². The Kier molecular flexibility index (Phi) is 4.25. The van der Waals surface area contributed by atoms with Crippen LogP contribution in [-0.2, 0) is 0 Å². The lowest BCUT2D eigenvalue weighted by molar-refractivity contribution is 0.224. The highest BCUT2D eigenvalue weighted by Crippen LogP contribution is 2.36. The first-order valence-corrected chi connectivity index (χ1v) is 9.50. The van der Waals surface area contributed by atoms with Gasteiger partial charge in [0.1, 0.15) is 23.5 Å². The lowest BCUT2D eigenvalue weighted by Crippen LogP contribution is -2.40. The molecule has 4 aromatic rings. The molecule has 0 radical (unpaired) electrons. The van der Waals surface area contributed by atoms with E-state index >= 15 is 0 Å². The first-order chi connectivity index (χ1) is 13.8. The fraction of sp³-hybridized carbons (Fsp3) is 0.227. The van der Waals surface area contributed by atoms with Crippen LogP contribution < -0.4 is 10.1 Å². The van der Waals surface area contributed by atoms with Gasteiger partial charge >= 0.3 is 0 Å². The Bertz CT molecular complexity index is 1090. The molecule has 0 unspecified atom stereocenters. The molecule has 28 heavy (non-hydrogen) atoms. The lowest BCUT2D eigenvalue weighted by Gasteiger charge is -2.35. The fourth-order valence-electron chi connectivity index (χ4n) is 3.68. The maximum Gasteiger partial charge on any atom is 0.162 e. The Morgan fingerprint density at radius 3 is 2.50 bits per heavy atom. The molecule has 2 aromatic heterocycles. The zero-order chi connectivity index (χ0) is 18.9. The number of benzene rings is 2. The third-order valence-corrected chi connectivity index (χ3v) is 5.35. The number of nitrogens with one attached hydrogen (secondary N) is 1. The molecule has 6 nitrogen and oxygen atoms in total. The second kappa shape index (κ2) is 7.05.